The summed E-state index contributed by atoms with van der Waals surface area (Å²) in [6, 6.07) is 15.2. The Balaban J connectivity index is 1.72. The number of nitrogens with zero attached hydrogens (tertiary/aromatic N) is 2. The number of carbonyl (C=O) groups is 1. The number of hydrogen-bond donors (Lipinski definition) is 2. The summed E-state index contributed by atoms with van der Waals surface area (Å²) in [6.07, 6.45) is 1.72. The number of hydrazone groups is 1. The predicted molar refractivity (Wildman–Crippen MR) is 114 cm³/mol. The van der Waals surface area contributed by atoms with Crippen molar-refractivity contribution < 1.29 is 9.53 Å². The van der Waals surface area contributed by atoms with Gasteiger partial charge in [0.05, 0.1) is 19.0 Å². The average molecular weight is 378 g/mol. The summed E-state index contributed by atoms with van der Waals surface area (Å²) in [4.78, 5) is 12.4. The van der Waals surface area contributed by atoms with Crippen LogP contribution in [0.2, 0.25) is 0 Å². The van der Waals surface area contributed by atoms with Crippen molar-refractivity contribution in [1.29, 1.82) is 0 Å². The Labute approximate surface area is 165 Å². The van der Waals surface area contributed by atoms with Crippen LogP contribution in [-0.4, -0.2) is 29.8 Å². The Kier molecular flexibility index (Phi) is 5.99. The number of ether oxygens (including phenoxy) is 1. The number of amides is 1. The molecule has 1 aromatic heterocycles. The molecule has 3 aromatic rings. The van der Waals surface area contributed by atoms with Gasteiger partial charge in [-0.15, -0.1) is 0 Å². The predicted octanol–water partition coefficient (Wildman–Crippen LogP) is 3.93. The van der Waals surface area contributed by atoms with Crippen molar-refractivity contribution in [2.45, 2.75) is 33.4 Å². The Morgan fingerprint density at radius 1 is 1.21 bits per heavy atom. The van der Waals surface area contributed by atoms with E-state index < -0.39 is 6.04 Å². The Hall–Kier alpha value is -3.28. The van der Waals surface area contributed by atoms with Crippen molar-refractivity contribution in [3.63, 3.8) is 0 Å². The molecule has 1 heterocycles. The molecule has 6 heteroatoms. The summed E-state index contributed by atoms with van der Waals surface area (Å²) in [5.41, 5.74) is 6.70. The molecule has 0 aliphatic heterocycles. The minimum atomic E-state index is -0.466. The number of benzene rings is 2. The molecule has 0 aliphatic carbocycles. The van der Waals surface area contributed by atoms with Crippen LogP contribution >= 0.6 is 0 Å². The molecule has 0 fully saturated rings. The third-order valence-electron chi connectivity index (χ3n) is 4.84. The molecule has 146 valence electrons. The highest BCUT2D eigenvalue weighted by molar-refractivity contribution is 6.01. The molecule has 3 rings (SSSR count). The lowest BCUT2D eigenvalue weighted by atomic mass is 10.1. The number of para-hydroxylation sites is 3. The molecule has 0 bridgehead atoms. The second kappa shape index (κ2) is 8.61. The second-order valence-corrected chi connectivity index (χ2v) is 6.56. The molecule has 1 atom stereocenters. The van der Waals surface area contributed by atoms with Crippen molar-refractivity contribution in [2.75, 3.05) is 12.4 Å². The Morgan fingerprint density at radius 3 is 2.68 bits per heavy atom. The fourth-order valence-electron chi connectivity index (χ4n) is 3.35. The van der Waals surface area contributed by atoms with Gasteiger partial charge in [0.15, 0.2) is 0 Å². The molecule has 0 spiro atoms. The van der Waals surface area contributed by atoms with E-state index >= 15 is 0 Å². The van der Waals surface area contributed by atoms with Gasteiger partial charge in [0.1, 0.15) is 11.8 Å². The lowest BCUT2D eigenvalue weighted by Crippen LogP contribution is -2.35. The zero-order valence-corrected chi connectivity index (χ0v) is 16.7. The van der Waals surface area contributed by atoms with Gasteiger partial charge in [0, 0.05) is 28.7 Å². The topological polar surface area (TPSA) is 67.7 Å². The van der Waals surface area contributed by atoms with Crippen molar-refractivity contribution >= 4 is 28.7 Å². The number of carbonyl (C=O) groups excluding carboxylic acids is 1. The number of anilines is 1. The maximum atomic E-state index is 12.4. The molecule has 28 heavy (non-hydrogen) atoms. The van der Waals surface area contributed by atoms with Crippen LogP contribution in [0.1, 0.15) is 25.1 Å². The largest absolute Gasteiger partial charge is 0.495 e. The van der Waals surface area contributed by atoms with Crippen molar-refractivity contribution in [3.8, 4) is 5.75 Å². The van der Waals surface area contributed by atoms with Gasteiger partial charge in [0.25, 0.3) is 5.91 Å². The fraction of sp³-hybridized carbons (Fsp3) is 0.273. The van der Waals surface area contributed by atoms with E-state index in [1.807, 2.05) is 36.4 Å². The van der Waals surface area contributed by atoms with E-state index in [0.29, 0.717) is 5.75 Å². The molecule has 2 aromatic carbocycles. The zero-order valence-electron chi connectivity index (χ0n) is 16.7. The van der Waals surface area contributed by atoms with Crippen LogP contribution in [0.25, 0.3) is 10.9 Å². The molecule has 2 N–H and O–H groups in total. The van der Waals surface area contributed by atoms with E-state index in [1.165, 1.54) is 5.52 Å². The quantitative estimate of drug-likeness (QED) is 0.483. The maximum Gasteiger partial charge on any atom is 0.262 e. The van der Waals surface area contributed by atoms with Gasteiger partial charge in [-0.2, -0.15) is 5.10 Å². The number of aryl methyl sites for hydroxylation is 1. The van der Waals surface area contributed by atoms with E-state index in [-0.39, 0.29) is 5.91 Å². The molecule has 0 radical (unpaired) electrons. The number of rotatable bonds is 7. The van der Waals surface area contributed by atoms with Gasteiger partial charge >= 0.3 is 0 Å². The van der Waals surface area contributed by atoms with Crippen LogP contribution < -0.4 is 15.5 Å². The first-order valence-electron chi connectivity index (χ1n) is 9.37. The Morgan fingerprint density at radius 2 is 1.93 bits per heavy atom. The summed E-state index contributed by atoms with van der Waals surface area (Å²) in [6.45, 7) is 6.85. The lowest BCUT2D eigenvalue weighted by molar-refractivity contribution is -0.121. The normalized spacial score (nSPS) is 12.3. The van der Waals surface area contributed by atoms with E-state index in [9.17, 15) is 4.79 Å². The highest BCUT2D eigenvalue weighted by Gasteiger charge is 2.14. The summed E-state index contributed by atoms with van der Waals surface area (Å²) in [5.74, 6) is 0.465. The van der Waals surface area contributed by atoms with E-state index in [1.54, 1.807) is 20.2 Å². The van der Waals surface area contributed by atoms with Crippen LogP contribution in [0.3, 0.4) is 0 Å². The lowest BCUT2D eigenvalue weighted by Gasteiger charge is -2.15. The maximum absolute atomic E-state index is 12.4. The molecule has 1 amide bonds. The van der Waals surface area contributed by atoms with Crippen LogP contribution in [0.15, 0.2) is 53.6 Å². The molecule has 6 nitrogen and oxygen atoms in total. The number of methoxy groups -OCH3 is 1. The summed E-state index contributed by atoms with van der Waals surface area (Å²) in [7, 11) is 1.60. The van der Waals surface area contributed by atoms with Crippen molar-refractivity contribution in [3.05, 3.63) is 59.8 Å². The SMILES string of the molecule is CCn1c(C)c(C=NNC(=O)C(C)Nc2ccccc2OC)c2ccccc21. The minimum absolute atomic E-state index is 0.223. The molecule has 0 saturated heterocycles. The van der Waals surface area contributed by atoms with Gasteiger partial charge in [-0.3, -0.25) is 4.79 Å². The van der Waals surface area contributed by atoms with Gasteiger partial charge in [0.2, 0.25) is 0 Å². The van der Waals surface area contributed by atoms with Crippen molar-refractivity contribution in [2.24, 2.45) is 5.10 Å². The van der Waals surface area contributed by atoms with Gasteiger partial charge in [-0.25, -0.2) is 5.43 Å². The molecular weight excluding hydrogens is 352 g/mol. The van der Waals surface area contributed by atoms with Crippen LogP contribution in [0.4, 0.5) is 5.69 Å². The molecular formula is C22H26N4O2. The number of hydrogen-bond acceptors (Lipinski definition) is 4. The van der Waals surface area contributed by atoms with E-state index in [0.717, 1.165) is 28.9 Å². The summed E-state index contributed by atoms with van der Waals surface area (Å²) in [5, 5.41) is 8.47. The first-order valence-corrected chi connectivity index (χ1v) is 9.37. The van der Waals surface area contributed by atoms with Crippen LogP contribution in [-0.2, 0) is 11.3 Å². The highest BCUT2D eigenvalue weighted by Crippen LogP contribution is 2.25. The van der Waals surface area contributed by atoms with E-state index in [2.05, 4.69) is 46.4 Å². The van der Waals surface area contributed by atoms with Gasteiger partial charge < -0.3 is 14.6 Å². The smallest absolute Gasteiger partial charge is 0.262 e. The van der Waals surface area contributed by atoms with Gasteiger partial charge in [-0.1, -0.05) is 30.3 Å². The third-order valence-corrected chi connectivity index (χ3v) is 4.84. The average Bonchev–Trinajstić information content (AvgIpc) is 2.99. The summed E-state index contributed by atoms with van der Waals surface area (Å²) >= 11 is 0. The fourth-order valence-corrected chi connectivity index (χ4v) is 3.35. The number of fused-ring (bicyclic) bond motifs is 1. The first-order chi connectivity index (χ1) is 13.6. The molecule has 0 saturated carbocycles. The monoisotopic (exact) mass is 378 g/mol. The standard InChI is InChI=1S/C22H26N4O2/c1-5-26-16(3)18(17-10-6-8-12-20(17)26)14-23-25-22(27)15(2)24-19-11-7-9-13-21(19)28-4/h6-15,24H,5H2,1-4H3,(H,25,27). The number of nitrogens with one attached hydrogen (secondary N) is 2. The minimum Gasteiger partial charge on any atom is -0.495 e. The Bertz CT molecular complexity index is 1010. The second-order valence-electron chi connectivity index (χ2n) is 6.56. The highest BCUT2D eigenvalue weighted by atomic mass is 16.5. The third kappa shape index (κ3) is 3.86. The van der Waals surface area contributed by atoms with E-state index in [4.69, 9.17) is 4.74 Å². The van der Waals surface area contributed by atoms with Crippen molar-refractivity contribution in [1.82, 2.24) is 9.99 Å². The molecule has 1 unspecified atom stereocenters. The van der Waals surface area contributed by atoms with Gasteiger partial charge in [-0.05, 0) is 39.0 Å². The number of aromatic nitrogens is 1. The first kappa shape index (κ1) is 19.5. The summed E-state index contributed by atoms with van der Waals surface area (Å²) < 4.78 is 7.55. The van der Waals surface area contributed by atoms with Crippen LogP contribution in [0.5, 0.6) is 5.75 Å². The molecule has 0 aliphatic rings. The van der Waals surface area contributed by atoms with Crippen LogP contribution in [0, 0.1) is 6.92 Å². The zero-order chi connectivity index (χ0) is 20.1.